The fraction of sp³-hybridized carbons (Fsp3) is 0.857. The van der Waals surface area contributed by atoms with Crippen LogP contribution in [0.3, 0.4) is 0 Å². The molecule has 1 saturated heterocycles. The number of esters is 1. The summed E-state index contributed by atoms with van der Waals surface area (Å²) in [4.78, 5) is 23.9. The largest absolute Gasteiger partial charge is 0.467 e. The number of carbonyl (C=O) groups is 2. The molecule has 5 nitrogen and oxygen atoms in total. The third-order valence-corrected chi connectivity index (χ3v) is 4.35. The SMILES string of the molecule is COC(=O)C1(NC(=O)CCC2CCNC2)CCCC1.Cl. The Morgan fingerprint density at radius 2 is 2.05 bits per heavy atom. The van der Waals surface area contributed by atoms with Gasteiger partial charge in [-0.3, -0.25) is 4.79 Å². The molecule has 1 saturated carbocycles. The molecule has 2 aliphatic rings. The van der Waals surface area contributed by atoms with Gasteiger partial charge in [-0.1, -0.05) is 12.8 Å². The first-order valence-electron chi connectivity index (χ1n) is 7.26. The first kappa shape index (κ1) is 17.2. The summed E-state index contributed by atoms with van der Waals surface area (Å²) in [5.74, 6) is 0.295. The molecule has 1 atom stereocenters. The van der Waals surface area contributed by atoms with Crippen molar-refractivity contribution in [3.05, 3.63) is 0 Å². The van der Waals surface area contributed by atoms with Gasteiger partial charge in [0.25, 0.3) is 0 Å². The van der Waals surface area contributed by atoms with E-state index in [0.29, 0.717) is 25.2 Å². The van der Waals surface area contributed by atoms with Crippen LogP contribution in [0.5, 0.6) is 0 Å². The van der Waals surface area contributed by atoms with Gasteiger partial charge in [-0.2, -0.15) is 0 Å². The van der Waals surface area contributed by atoms with Crippen molar-refractivity contribution in [3.63, 3.8) is 0 Å². The van der Waals surface area contributed by atoms with E-state index in [1.165, 1.54) is 7.11 Å². The molecular weight excluding hydrogens is 280 g/mol. The van der Waals surface area contributed by atoms with Crippen molar-refractivity contribution in [1.29, 1.82) is 0 Å². The Hall–Kier alpha value is -0.810. The van der Waals surface area contributed by atoms with E-state index in [0.717, 1.165) is 38.8 Å². The highest BCUT2D eigenvalue weighted by Crippen LogP contribution is 2.31. The Labute approximate surface area is 126 Å². The topological polar surface area (TPSA) is 67.4 Å². The van der Waals surface area contributed by atoms with E-state index in [1.54, 1.807) is 0 Å². The Morgan fingerprint density at radius 3 is 2.60 bits per heavy atom. The molecular formula is C14H25ClN2O3. The van der Waals surface area contributed by atoms with Crippen molar-refractivity contribution < 1.29 is 14.3 Å². The zero-order valence-electron chi connectivity index (χ0n) is 12.1. The number of amides is 1. The van der Waals surface area contributed by atoms with Gasteiger partial charge in [0.15, 0.2) is 0 Å². The number of hydrogen-bond acceptors (Lipinski definition) is 4. The van der Waals surface area contributed by atoms with Crippen molar-refractivity contribution in [2.45, 2.75) is 50.5 Å². The minimum Gasteiger partial charge on any atom is -0.467 e. The van der Waals surface area contributed by atoms with Gasteiger partial charge in [0, 0.05) is 6.42 Å². The molecule has 0 radical (unpaired) electrons. The summed E-state index contributed by atoms with van der Waals surface area (Å²) in [6.45, 7) is 2.06. The maximum absolute atomic E-state index is 12.0. The summed E-state index contributed by atoms with van der Waals surface area (Å²) in [6.07, 6.45) is 5.91. The van der Waals surface area contributed by atoms with E-state index >= 15 is 0 Å². The molecule has 1 aliphatic heterocycles. The van der Waals surface area contributed by atoms with Gasteiger partial charge in [0.1, 0.15) is 5.54 Å². The lowest BCUT2D eigenvalue weighted by Gasteiger charge is -2.27. The summed E-state index contributed by atoms with van der Waals surface area (Å²) in [7, 11) is 1.39. The fourth-order valence-corrected chi connectivity index (χ4v) is 3.18. The van der Waals surface area contributed by atoms with Gasteiger partial charge >= 0.3 is 5.97 Å². The first-order valence-corrected chi connectivity index (χ1v) is 7.26. The molecule has 1 heterocycles. The molecule has 20 heavy (non-hydrogen) atoms. The summed E-state index contributed by atoms with van der Waals surface area (Å²) in [5.41, 5.74) is -0.750. The number of nitrogens with one attached hydrogen (secondary N) is 2. The Kier molecular flexibility index (Phi) is 6.76. The van der Waals surface area contributed by atoms with Crippen molar-refractivity contribution >= 4 is 24.3 Å². The number of carbonyl (C=O) groups excluding carboxylic acids is 2. The smallest absolute Gasteiger partial charge is 0.331 e. The quantitative estimate of drug-likeness (QED) is 0.754. The summed E-state index contributed by atoms with van der Waals surface area (Å²) < 4.78 is 4.85. The predicted molar refractivity (Wildman–Crippen MR) is 78.8 cm³/mol. The van der Waals surface area contributed by atoms with Gasteiger partial charge in [-0.05, 0) is 44.7 Å². The molecule has 6 heteroatoms. The van der Waals surface area contributed by atoms with Gasteiger partial charge in [0.05, 0.1) is 7.11 Å². The van der Waals surface area contributed by atoms with Gasteiger partial charge in [-0.25, -0.2) is 4.79 Å². The third-order valence-electron chi connectivity index (χ3n) is 4.35. The first-order chi connectivity index (χ1) is 9.16. The monoisotopic (exact) mass is 304 g/mol. The molecule has 2 fully saturated rings. The van der Waals surface area contributed by atoms with Crippen LogP contribution in [0.25, 0.3) is 0 Å². The van der Waals surface area contributed by atoms with Crippen LogP contribution in [-0.2, 0) is 14.3 Å². The number of methoxy groups -OCH3 is 1. The van der Waals surface area contributed by atoms with E-state index in [-0.39, 0.29) is 24.3 Å². The zero-order chi connectivity index (χ0) is 13.7. The minimum absolute atomic E-state index is 0. The number of rotatable bonds is 5. The summed E-state index contributed by atoms with van der Waals surface area (Å²) in [6, 6.07) is 0. The molecule has 0 bridgehead atoms. The van der Waals surface area contributed by atoms with Crippen molar-refractivity contribution in [3.8, 4) is 0 Å². The molecule has 0 spiro atoms. The second kappa shape index (κ2) is 7.84. The van der Waals surface area contributed by atoms with Crippen LogP contribution < -0.4 is 10.6 Å². The second-order valence-corrected chi connectivity index (χ2v) is 5.73. The maximum atomic E-state index is 12.0. The van der Waals surface area contributed by atoms with Crippen LogP contribution in [0.4, 0.5) is 0 Å². The Bertz CT molecular complexity index is 337. The molecule has 1 unspecified atom stereocenters. The minimum atomic E-state index is -0.750. The van der Waals surface area contributed by atoms with Crippen molar-refractivity contribution in [1.82, 2.24) is 10.6 Å². The van der Waals surface area contributed by atoms with Crippen LogP contribution in [0.1, 0.15) is 44.9 Å². The van der Waals surface area contributed by atoms with Crippen molar-refractivity contribution in [2.24, 2.45) is 5.92 Å². The molecule has 1 amide bonds. The fourth-order valence-electron chi connectivity index (χ4n) is 3.18. The highest BCUT2D eigenvalue weighted by molar-refractivity contribution is 5.88. The molecule has 0 aromatic rings. The Morgan fingerprint density at radius 1 is 1.35 bits per heavy atom. The lowest BCUT2D eigenvalue weighted by atomic mass is 9.96. The third kappa shape index (κ3) is 4.09. The lowest BCUT2D eigenvalue weighted by Crippen LogP contribution is -2.53. The van der Waals surface area contributed by atoms with E-state index in [9.17, 15) is 9.59 Å². The van der Waals surface area contributed by atoms with Gasteiger partial charge in [0.2, 0.25) is 5.91 Å². The van der Waals surface area contributed by atoms with Gasteiger partial charge < -0.3 is 15.4 Å². The van der Waals surface area contributed by atoms with Crippen molar-refractivity contribution in [2.75, 3.05) is 20.2 Å². The molecule has 2 N–H and O–H groups in total. The van der Waals surface area contributed by atoms with E-state index in [2.05, 4.69) is 10.6 Å². The average Bonchev–Trinajstić information content (AvgIpc) is 3.07. The number of ether oxygens (including phenoxy) is 1. The highest BCUT2D eigenvalue weighted by atomic mass is 35.5. The molecule has 0 aromatic carbocycles. The molecule has 0 aromatic heterocycles. The van der Waals surface area contributed by atoms with E-state index in [4.69, 9.17) is 4.74 Å². The van der Waals surface area contributed by atoms with Crippen LogP contribution in [-0.4, -0.2) is 37.6 Å². The normalized spacial score (nSPS) is 23.9. The van der Waals surface area contributed by atoms with Crippen LogP contribution in [0.2, 0.25) is 0 Å². The number of halogens is 1. The highest BCUT2D eigenvalue weighted by Gasteiger charge is 2.43. The standard InChI is InChI=1S/C14H24N2O3.ClH/c1-19-13(18)14(7-2-3-8-14)16-12(17)5-4-11-6-9-15-10-11;/h11,15H,2-10H2,1H3,(H,16,17);1H. The Balaban J connectivity index is 0.00000200. The van der Waals surface area contributed by atoms with Gasteiger partial charge in [-0.15, -0.1) is 12.4 Å². The van der Waals surface area contributed by atoms with E-state index in [1.807, 2.05) is 0 Å². The predicted octanol–water partition coefficient (Wildman–Crippen LogP) is 1.40. The number of hydrogen-bond donors (Lipinski definition) is 2. The van der Waals surface area contributed by atoms with Crippen LogP contribution >= 0.6 is 12.4 Å². The maximum Gasteiger partial charge on any atom is 0.331 e. The van der Waals surface area contributed by atoms with Crippen LogP contribution in [0, 0.1) is 5.92 Å². The average molecular weight is 305 g/mol. The zero-order valence-corrected chi connectivity index (χ0v) is 12.9. The summed E-state index contributed by atoms with van der Waals surface area (Å²) >= 11 is 0. The van der Waals surface area contributed by atoms with E-state index < -0.39 is 5.54 Å². The summed E-state index contributed by atoms with van der Waals surface area (Å²) in [5, 5.41) is 6.23. The molecule has 1 aliphatic carbocycles. The lowest BCUT2D eigenvalue weighted by molar-refractivity contribution is -0.150. The van der Waals surface area contributed by atoms with Crippen LogP contribution in [0.15, 0.2) is 0 Å². The molecule has 116 valence electrons. The second-order valence-electron chi connectivity index (χ2n) is 5.73. The molecule has 2 rings (SSSR count).